The fourth-order valence-corrected chi connectivity index (χ4v) is 1.81. The zero-order chi connectivity index (χ0) is 13.7. The third-order valence-corrected chi connectivity index (χ3v) is 3.02. The van der Waals surface area contributed by atoms with Gasteiger partial charge < -0.3 is 0 Å². The second kappa shape index (κ2) is 15.2. The van der Waals surface area contributed by atoms with E-state index >= 15 is 0 Å². The van der Waals surface area contributed by atoms with Gasteiger partial charge in [-0.2, -0.15) is 0 Å². The number of halogens is 5. The van der Waals surface area contributed by atoms with Crippen molar-refractivity contribution < 1.29 is 48.3 Å². The molecule has 0 aromatic heterocycles. The first-order chi connectivity index (χ1) is 7.83. The van der Waals surface area contributed by atoms with E-state index in [-0.39, 0.29) is 4.84 Å². The zero-order valence-electron chi connectivity index (χ0n) is 9.03. The van der Waals surface area contributed by atoms with Crippen molar-refractivity contribution in [2.75, 3.05) is 13.2 Å². The molecule has 0 bridgehead atoms. The van der Waals surface area contributed by atoms with Crippen LogP contribution in [0.25, 0.3) is 0 Å². The van der Waals surface area contributed by atoms with Gasteiger partial charge in [0.25, 0.3) is 0 Å². The van der Waals surface area contributed by atoms with Crippen LogP contribution in [0.4, 0.5) is 0 Å². The van der Waals surface area contributed by atoms with Gasteiger partial charge in [-0.3, -0.25) is 0 Å². The van der Waals surface area contributed by atoms with Gasteiger partial charge in [0.2, 0.25) is 0 Å². The molecule has 0 saturated heterocycles. The Kier molecular flexibility index (Phi) is 19.7. The molecule has 2 nitrogen and oxygen atoms in total. The molecule has 0 aliphatic carbocycles. The third kappa shape index (κ3) is 27.9. The molecule has 9 heteroatoms. The molecule has 17 heavy (non-hydrogen) atoms. The van der Waals surface area contributed by atoms with Gasteiger partial charge in [-0.25, -0.2) is 0 Å². The summed E-state index contributed by atoms with van der Waals surface area (Å²) < 4.78 is 8.42. The predicted octanol–water partition coefficient (Wildman–Crippen LogP) is 4.66. The van der Waals surface area contributed by atoms with Gasteiger partial charge in [-0.15, -0.1) is 0 Å². The molecule has 0 amide bonds. The van der Waals surface area contributed by atoms with E-state index < -0.39 is 3.79 Å². The Bertz CT molecular complexity index is 157. The number of rotatable bonds is 7. The van der Waals surface area contributed by atoms with Crippen molar-refractivity contribution in [2.45, 2.75) is 34.3 Å². The normalized spacial score (nSPS) is 11.1. The summed E-state index contributed by atoms with van der Waals surface area (Å²) >= 11 is 30.5. The summed E-state index contributed by atoms with van der Waals surface area (Å²) in [7, 11) is 0. The molecule has 0 aromatic rings. The summed E-state index contributed by atoms with van der Waals surface area (Å²) in [5.74, 6) is 0. The Morgan fingerprint density at radius 1 is 0.941 bits per heavy atom. The van der Waals surface area contributed by atoms with Crippen molar-refractivity contribution in [3.8, 4) is 0 Å². The molecule has 0 atom stereocenters. The Balaban J connectivity index is 0. The topological polar surface area (TPSA) is 18.5 Å². The second-order valence-electron chi connectivity index (χ2n) is 2.95. The fourth-order valence-electron chi connectivity index (χ4n) is 0.655. The van der Waals surface area contributed by atoms with Crippen molar-refractivity contribution in [2.24, 2.45) is 0 Å². The van der Waals surface area contributed by atoms with Crippen LogP contribution in [0.1, 0.15) is 25.7 Å². The summed E-state index contributed by atoms with van der Waals surface area (Å²) in [6.45, 7) is 1.39. The van der Waals surface area contributed by atoms with Crippen molar-refractivity contribution >= 4 is 58.0 Å². The quantitative estimate of drug-likeness (QED) is 0.343. The molecule has 100 valence electrons. The number of hydrogen-bond donors (Lipinski definition) is 0. The van der Waals surface area contributed by atoms with Gasteiger partial charge in [0.15, 0.2) is 0 Å². The standard InChI is InChI=1S/C4H6Cl3O.C4H7Cl2O.2Ti/c5-4(6,7)2-1-3-8;5-4(6)2-1-3-7;;/h1-3H2;4H,1-3H2;;/q2*-1;2*+1. The van der Waals surface area contributed by atoms with E-state index in [1.54, 1.807) is 41.6 Å². The molecule has 0 aliphatic rings. The van der Waals surface area contributed by atoms with Crippen LogP contribution in [0.15, 0.2) is 0 Å². The van der Waals surface area contributed by atoms with E-state index in [1.807, 2.05) is 0 Å². The van der Waals surface area contributed by atoms with Gasteiger partial charge in [-0.1, -0.05) is 0 Å². The summed E-state index contributed by atoms with van der Waals surface area (Å²) in [4.78, 5) is -0.231. The molecule has 0 rings (SSSR count). The summed E-state index contributed by atoms with van der Waals surface area (Å²) in [6, 6.07) is 0. The zero-order valence-corrected chi connectivity index (χ0v) is 15.9. The Morgan fingerprint density at radius 2 is 1.41 bits per heavy atom. The van der Waals surface area contributed by atoms with Crippen LogP contribution in [0.5, 0.6) is 0 Å². The predicted molar refractivity (Wildman–Crippen MR) is 66.2 cm³/mol. The SMILES string of the molecule is ClC(Cl)(Cl)CCC[O][Ti].ClC(Cl)CCC[O][Ti]. The molecular formula is C8H13Cl5O2Ti2. The maximum atomic E-state index is 5.44. The average molecular weight is 414 g/mol. The van der Waals surface area contributed by atoms with Gasteiger partial charge >= 0.3 is 154 Å². The van der Waals surface area contributed by atoms with Crippen molar-refractivity contribution in [3.05, 3.63) is 0 Å². The van der Waals surface area contributed by atoms with E-state index in [0.717, 1.165) is 25.9 Å². The van der Waals surface area contributed by atoms with Crippen LogP contribution in [0.3, 0.4) is 0 Å². The van der Waals surface area contributed by atoms with Crippen LogP contribution < -0.4 is 0 Å². The first-order valence-corrected chi connectivity index (χ1v) is 8.03. The first-order valence-electron chi connectivity index (χ1n) is 4.75. The fraction of sp³-hybridized carbons (Fsp3) is 1.00. The summed E-state index contributed by atoms with van der Waals surface area (Å²) in [6.07, 6.45) is 3.09. The van der Waals surface area contributed by atoms with Crippen LogP contribution in [0, 0.1) is 0 Å². The van der Waals surface area contributed by atoms with E-state index in [9.17, 15) is 0 Å². The Morgan fingerprint density at radius 3 is 1.76 bits per heavy atom. The molecule has 0 radical (unpaired) electrons. The van der Waals surface area contributed by atoms with Crippen LogP contribution in [-0.4, -0.2) is 21.8 Å². The van der Waals surface area contributed by atoms with E-state index in [4.69, 9.17) is 64.6 Å². The monoisotopic (exact) mass is 412 g/mol. The van der Waals surface area contributed by atoms with Crippen LogP contribution >= 0.6 is 58.0 Å². The van der Waals surface area contributed by atoms with Gasteiger partial charge in [-0.05, 0) is 0 Å². The molecule has 0 heterocycles. The van der Waals surface area contributed by atoms with E-state index in [1.165, 1.54) is 0 Å². The van der Waals surface area contributed by atoms with Crippen molar-refractivity contribution in [1.82, 2.24) is 0 Å². The number of hydrogen-bond acceptors (Lipinski definition) is 2. The summed E-state index contributed by atoms with van der Waals surface area (Å²) in [5.41, 5.74) is 0. The minimum absolute atomic E-state index is 0.231. The van der Waals surface area contributed by atoms with E-state index in [0.29, 0.717) is 13.0 Å². The minimum atomic E-state index is -1.11. The van der Waals surface area contributed by atoms with E-state index in [2.05, 4.69) is 0 Å². The first kappa shape index (κ1) is 22.1. The van der Waals surface area contributed by atoms with Crippen LogP contribution in [-0.2, 0) is 48.3 Å². The second-order valence-corrected chi connectivity index (χ2v) is 7.64. The maximum absolute atomic E-state index is 5.44. The van der Waals surface area contributed by atoms with Crippen molar-refractivity contribution in [3.63, 3.8) is 0 Å². The molecule has 0 spiro atoms. The van der Waals surface area contributed by atoms with Gasteiger partial charge in [0, 0.05) is 0 Å². The van der Waals surface area contributed by atoms with Crippen LogP contribution in [0.2, 0.25) is 0 Å². The molecule has 0 aromatic carbocycles. The molecule has 0 saturated carbocycles. The molecular weight excluding hydrogens is 401 g/mol. The van der Waals surface area contributed by atoms with Gasteiger partial charge in [0.05, 0.1) is 0 Å². The van der Waals surface area contributed by atoms with Gasteiger partial charge in [0.1, 0.15) is 0 Å². The molecule has 0 unspecified atom stereocenters. The molecule has 0 fully saturated rings. The number of alkyl halides is 5. The Labute approximate surface area is 152 Å². The average Bonchev–Trinajstić information content (AvgIpc) is 2.17. The molecule has 0 aliphatic heterocycles. The Hall–Kier alpha value is 2.80. The molecule has 0 N–H and O–H groups in total. The third-order valence-electron chi connectivity index (χ3n) is 1.38. The van der Waals surface area contributed by atoms with Crippen molar-refractivity contribution in [1.29, 1.82) is 0 Å². The summed E-state index contributed by atoms with van der Waals surface area (Å²) in [5, 5.41) is 0.